The Morgan fingerprint density at radius 2 is 1.97 bits per heavy atom. The van der Waals surface area contributed by atoms with Crippen LogP contribution in [0, 0.1) is 5.82 Å². The Morgan fingerprint density at radius 1 is 1.18 bits per heavy atom. The monoisotopic (exact) mass is 459 g/mol. The van der Waals surface area contributed by atoms with E-state index in [9.17, 15) is 9.18 Å². The number of anilines is 1. The minimum Gasteiger partial charge on any atom is -0.493 e. The average Bonchev–Trinajstić information content (AvgIpc) is 3.62. The van der Waals surface area contributed by atoms with Crippen LogP contribution in [0.15, 0.2) is 71.6 Å². The largest absolute Gasteiger partial charge is 0.493 e. The number of nitrogens with zero attached hydrogens (tertiary/aromatic N) is 2. The molecule has 1 aliphatic rings. The fourth-order valence-corrected chi connectivity index (χ4v) is 4.58. The molecule has 34 heavy (non-hydrogen) atoms. The Balaban J connectivity index is 1.63. The Labute approximate surface area is 197 Å². The van der Waals surface area contributed by atoms with Crippen LogP contribution in [-0.2, 0) is 0 Å². The van der Waals surface area contributed by atoms with Gasteiger partial charge >= 0.3 is 0 Å². The molecule has 2 aromatic heterocycles. The summed E-state index contributed by atoms with van der Waals surface area (Å²) >= 11 is 0. The second-order valence-corrected chi connectivity index (χ2v) is 8.37. The van der Waals surface area contributed by atoms with E-state index in [1.54, 1.807) is 24.3 Å². The fraction of sp³-hybridized carbons (Fsp3) is 0.259. The van der Waals surface area contributed by atoms with Gasteiger partial charge in [-0.15, -0.1) is 0 Å². The normalized spacial score (nSPS) is 13.8. The number of ether oxygens (including phenoxy) is 1. The van der Waals surface area contributed by atoms with Crippen molar-refractivity contribution in [1.82, 2.24) is 9.55 Å². The summed E-state index contributed by atoms with van der Waals surface area (Å²) in [7, 11) is 0. The predicted molar refractivity (Wildman–Crippen MR) is 128 cm³/mol. The van der Waals surface area contributed by atoms with Crippen molar-refractivity contribution in [3.05, 3.63) is 78.8 Å². The summed E-state index contributed by atoms with van der Waals surface area (Å²) in [4.78, 5) is 17.3. The van der Waals surface area contributed by atoms with Crippen molar-refractivity contribution < 1.29 is 18.3 Å². The Hall–Kier alpha value is -3.87. The SMILES string of the molecule is CCOc1ccc(NC(=O)c2ccco2)cc1-c1c(-c2ccc(F)cc2)ncn1C1CCCC1. The molecule has 5 rings (SSSR count). The first-order valence-corrected chi connectivity index (χ1v) is 11.6. The van der Waals surface area contributed by atoms with Gasteiger partial charge in [-0.3, -0.25) is 4.79 Å². The smallest absolute Gasteiger partial charge is 0.291 e. The summed E-state index contributed by atoms with van der Waals surface area (Å²) in [6.07, 6.45) is 7.83. The van der Waals surface area contributed by atoms with Crippen LogP contribution in [0.5, 0.6) is 5.75 Å². The zero-order valence-electron chi connectivity index (χ0n) is 19.0. The standard InChI is InChI=1S/C27H26FN3O3/c1-2-33-23-14-13-20(30-27(32)24-8-5-15-34-24)16-22(23)26-25(18-9-11-19(28)12-10-18)29-17-31(26)21-6-3-4-7-21/h5,8-17,21H,2-4,6-7H2,1H3,(H,30,32). The van der Waals surface area contributed by atoms with E-state index in [1.807, 2.05) is 31.5 Å². The summed E-state index contributed by atoms with van der Waals surface area (Å²) in [5.41, 5.74) is 3.91. The van der Waals surface area contributed by atoms with Crippen LogP contribution in [0.1, 0.15) is 49.2 Å². The van der Waals surface area contributed by atoms with Crippen LogP contribution in [-0.4, -0.2) is 22.1 Å². The van der Waals surface area contributed by atoms with Gasteiger partial charge in [0.25, 0.3) is 5.91 Å². The molecular formula is C27H26FN3O3. The van der Waals surface area contributed by atoms with E-state index < -0.39 is 0 Å². The van der Waals surface area contributed by atoms with Crippen molar-refractivity contribution in [1.29, 1.82) is 0 Å². The highest BCUT2D eigenvalue weighted by molar-refractivity contribution is 6.02. The number of aromatic nitrogens is 2. The van der Waals surface area contributed by atoms with E-state index >= 15 is 0 Å². The summed E-state index contributed by atoms with van der Waals surface area (Å²) in [5, 5.41) is 2.90. The maximum absolute atomic E-state index is 13.6. The second-order valence-electron chi connectivity index (χ2n) is 8.37. The first-order valence-electron chi connectivity index (χ1n) is 11.6. The topological polar surface area (TPSA) is 69.3 Å². The molecule has 1 saturated carbocycles. The minimum atomic E-state index is -0.330. The van der Waals surface area contributed by atoms with Crippen LogP contribution >= 0.6 is 0 Å². The van der Waals surface area contributed by atoms with Crippen LogP contribution in [0.4, 0.5) is 10.1 Å². The number of hydrogen-bond donors (Lipinski definition) is 1. The molecule has 0 unspecified atom stereocenters. The van der Waals surface area contributed by atoms with Crippen LogP contribution in [0.25, 0.3) is 22.5 Å². The third-order valence-electron chi connectivity index (χ3n) is 6.17. The molecule has 6 nitrogen and oxygen atoms in total. The Morgan fingerprint density at radius 3 is 2.68 bits per heavy atom. The molecule has 1 aliphatic carbocycles. The van der Waals surface area contributed by atoms with Crippen molar-refractivity contribution in [2.45, 2.75) is 38.6 Å². The molecule has 0 bridgehead atoms. The molecular weight excluding hydrogens is 433 g/mol. The molecule has 174 valence electrons. The summed E-state index contributed by atoms with van der Waals surface area (Å²) < 4.78 is 27.1. The number of carbonyl (C=O) groups excluding carboxylic acids is 1. The van der Waals surface area contributed by atoms with Gasteiger partial charge in [0.2, 0.25) is 0 Å². The van der Waals surface area contributed by atoms with Crippen LogP contribution in [0.2, 0.25) is 0 Å². The molecule has 4 aromatic rings. The van der Waals surface area contributed by atoms with Crippen molar-refractivity contribution in [2.75, 3.05) is 11.9 Å². The van der Waals surface area contributed by atoms with E-state index in [2.05, 4.69) is 9.88 Å². The highest BCUT2D eigenvalue weighted by Crippen LogP contribution is 2.42. The van der Waals surface area contributed by atoms with Crippen molar-refractivity contribution in [2.24, 2.45) is 0 Å². The number of furan rings is 1. The second kappa shape index (κ2) is 9.55. The number of amides is 1. The van der Waals surface area contributed by atoms with Gasteiger partial charge in [-0.25, -0.2) is 9.37 Å². The number of benzene rings is 2. The maximum Gasteiger partial charge on any atom is 0.291 e. The van der Waals surface area contributed by atoms with Crippen LogP contribution in [0.3, 0.4) is 0 Å². The first-order chi connectivity index (χ1) is 16.6. The number of hydrogen-bond acceptors (Lipinski definition) is 4. The summed E-state index contributed by atoms with van der Waals surface area (Å²) in [6, 6.07) is 15.6. The minimum absolute atomic E-state index is 0.235. The van der Waals surface area contributed by atoms with Gasteiger partial charge in [0.05, 0.1) is 30.6 Å². The van der Waals surface area contributed by atoms with E-state index in [4.69, 9.17) is 14.1 Å². The number of halogens is 1. The lowest BCUT2D eigenvalue weighted by molar-refractivity contribution is 0.0996. The number of rotatable bonds is 7. The number of nitrogens with one attached hydrogen (secondary N) is 1. The van der Waals surface area contributed by atoms with E-state index in [0.29, 0.717) is 24.1 Å². The molecule has 2 aromatic carbocycles. The molecule has 0 spiro atoms. The highest BCUT2D eigenvalue weighted by atomic mass is 19.1. The number of imidazole rings is 1. The zero-order valence-corrected chi connectivity index (χ0v) is 19.0. The molecule has 1 fully saturated rings. The van der Waals surface area contributed by atoms with Crippen LogP contribution < -0.4 is 10.1 Å². The van der Waals surface area contributed by atoms with E-state index in [1.165, 1.54) is 31.2 Å². The molecule has 0 saturated heterocycles. The first kappa shape index (κ1) is 21.9. The molecule has 0 radical (unpaired) electrons. The van der Waals surface area contributed by atoms with E-state index in [-0.39, 0.29) is 17.5 Å². The molecule has 1 N–H and O–H groups in total. The molecule has 7 heteroatoms. The van der Waals surface area contributed by atoms with Crippen molar-refractivity contribution in [3.8, 4) is 28.3 Å². The van der Waals surface area contributed by atoms with Gasteiger partial charge in [0.1, 0.15) is 11.6 Å². The molecule has 1 amide bonds. The predicted octanol–water partition coefficient (Wildman–Crippen LogP) is 6.72. The lowest BCUT2D eigenvalue weighted by Crippen LogP contribution is -2.11. The lowest BCUT2D eigenvalue weighted by Gasteiger charge is -2.19. The average molecular weight is 460 g/mol. The Bertz CT molecular complexity index is 1270. The summed E-state index contributed by atoms with van der Waals surface area (Å²) in [6.45, 7) is 2.43. The molecule has 0 aliphatic heterocycles. The van der Waals surface area contributed by atoms with E-state index in [0.717, 1.165) is 35.4 Å². The maximum atomic E-state index is 13.6. The Kier molecular flexibility index (Phi) is 6.16. The lowest BCUT2D eigenvalue weighted by atomic mass is 10.0. The zero-order chi connectivity index (χ0) is 23.5. The third kappa shape index (κ3) is 4.33. The van der Waals surface area contributed by atoms with Crippen molar-refractivity contribution >= 4 is 11.6 Å². The van der Waals surface area contributed by atoms with Gasteiger partial charge in [0.15, 0.2) is 5.76 Å². The molecule has 2 heterocycles. The molecule has 0 atom stereocenters. The summed E-state index contributed by atoms with van der Waals surface area (Å²) in [5.74, 6) is 0.307. The fourth-order valence-electron chi connectivity index (χ4n) is 4.58. The number of carbonyl (C=O) groups is 1. The van der Waals surface area contributed by atoms with Gasteiger partial charge in [0, 0.05) is 22.9 Å². The van der Waals surface area contributed by atoms with Gasteiger partial charge < -0.3 is 19.0 Å². The third-order valence-corrected chi connectivity index (χ3v) is 6.17. The van der Waals surface area contributed by atoms with Gasteiger partial charge in [-0.05, 0) is 74.4 Å². The highest BCUT2D eigenvalue weighted by Gasteiger charge is 2.26. The quantitative estimate of drug-likeness (QED) is 0.333. The van der Waals surface area contributed by atoms with Gasteiger partial charge in [-0.2, -0.15) is 0 Å². The van der Waals surface area contributed by atoms with Gasteiger partial charge in [-0.1, -0.05) is 12.8 Å². The van der Waals surface area contributed by atoms with Crippen molar-refractivity contribution in [3.63, 3.8) is 0 Å².